The van der Waals surface area contributed by atoms with Gasteiger partial charge in [0.2, 0.25) is 0 Å². The van der Waals surface area contributed by atoms with Gasteiger partial charge in [0, 0.05) is 25.2 Å². The molecular formula is C12H17ClN2O2. The van der Waals surface area contributed by atoms with Crippen LogP contribution in [0.1, 0.15) is 5.56 Å². The molecule has 2 amide bonds. The smallest absolute Gasteiger partial charge is 0.317 e. The summed E-state index contributed by atoms with van der Waals surface area (Å²) in [6, 6.07) is 7.36. The molecule has 0 radical (unpaired) electrons. The Bertz CT molecular complexity index is 354. The molecule has 0 aromatic heterocycles. The molecule has 0 spiro atoms. The van der Waals surface area contributed by atoms with Crippen LogP contribution >= 0.6 is 11.6 Å². The van der Waals surface area contributed by atoms with Gasteiger partial charge in [-0.1, -0.05) is 23.7 Å². The quantitative estimate of drug-likeness (QED) is 0.839. The Balaban J connectivity index is 2.28. The van der Waals surface area contributed by atoms with Crippen molar-refractivity contribution in [3.63, 3.8) is 0 Å². The number of nitrogens with zero attached hydrogens (tertiary/aromatic N) is 1. The third-order valence-electron chi connectivity index (χ3n) is 2.39. The average Bonchev–Trinajstić information content (AvgIpc) is 2.32. The number of aliphatic hydroxyl groups excluding tert-OH is 1. The zero-order chi connectivity index (χ0) is 12.7. The maximum atomic E-state index is 11.5. The number of rotatable bonds is 5. The van der Waals surface area contributed by atoms with Crippen molar-refractivity contribution < 1.29 is 9.90 Å². The van der Waals surface area contributed by atoms with Crippen LogP contribution in [0.4, 0.5) is 4.79 Å². The van der Waals surface area contributed by atoms with Crippen LogP contribution in [0, 0.1) is 0 Å². The lowest BCUT2D eigenvalue weighted by Gasteiger charge is -2.16. The first-order valence-electron chi connectivity index (χ1n) is 5.47. The maximum absolute atomic E-state index is 11.5. The molecule has 0 atom stereocenters. The topological polar surface area (TPSA) is 52.6 Å². The van der Waals surface area contributed by atoms with Crippen LogP contribution in [-0.2, 0) is 6.42 Å². The highest BCUT2D eigenvalue weighted by molar-refractivity contribution is 6.30. The molecule has 0 aliphatic carbocycles. The second-order valence-corrected chi connectivity index (χ2v) is 4.19. The minimum Gasteiger partial charge on any atom is -0.395 e. The van der Waals surface area contributed by atoms with E-state index in [2.05, 4.69) is 5.32 Å². The van der Waals surface area contributed by atoms with E-state index in [-0.39, 0.29) is 12.6 Å². The Morgan fingerprint density at radius 3 is 2.65 bits per heavy atom. The van der Waals surface area contributed by atoms with Crippen molar-refractivity contribution in [1.82, 2.24) is 10.2 Å². The summed E-state index contributed by atoms with van der Waals surface area (Å²) in [6.45, 7) is 0.879. The average molecular weight is 257 g/mol. The molecule has 94 valence electrons. The van der Waals surface area contributed by atoms with Gasteiger partial charge in [-0.3, -0.25) is 0 Å². The first kappa shape index (κ1) is 13.8. The van der Waals surface area contributed by atoms with Crippen molar-refractivity contribution in [3.05, 3.63) is 34.9 Å². The van der Waals surface area contributed by atoms with Gasteiger partial charge < -0.3 is 15.3 Å². The fourth-order valence-corrected chi connectivity index (χ4v) is 1.48. The molecule has 17 heavy (non-hydrogen) atoms. The van der Waals surface area contributed by atoms with Gasteiger partial charge in [-0.15, -0.1) is 0 Å². The Labute approximate surface area is 106 Å². The molecule has 1 aromatic carbocycles. The minimum absolute atomic E-state index is 0.0267. The number of benzene rings is 1. The molecule has 0 unspecified atom stereocenters. The number of carbonyl (C=O) groups excluding carboxylic acids is 1. The lowest BCUT2D eigenvalue weighted by atomic mass is 10.1. The van der Waals surface area contributed by atoms with E-state index < -0.39 is 0 Å². The van der Waals surface area contributed by atoms with E-state index >= 15 is 0 Å². The van der Waals surface area contributed by atoms with Gasteiger partial charge in [0.05, 0.1) is 6.61 Å². The Kier molecular flexibility index (Phi) is 5.80. The van der Waals surface area contributed by atoms with E-state index in [4.69, 9.17) is 16.7 Å². The second-order valence-electron chi connectivity index (χ2n) is 3.75. The Hall–Kier alpha value is -1.26. The van der Waals surface area contributed by atoms with Crippen molar-refractivity contribution in [1.29, 1.82) is 0 Å². The molecule has 0 saturated carbocycles. The van der Waals surface area contributed by atoms with Gasteiger partial charge in [0.25, 0.3) is 0 Å². The molecule has 0 bridgehead atoms. The fraction of sp³-hybridized carbons (Fsp3) is 0.417. The molecule has 0 saturated heterocycles. The summed E-state index contributed by atoms with van der Waals surface area (Å²) in [5.74, 6) is 0. The molecule has 0 fully saturated rings. The number of nitrogens with one attached hydrogen (secondary N) is 1. The predicted molar refractivity (Wildman–Crippen MR) is 68.3 cm³/mol. The molecule has 0 heterocycles. The van der Waals surface area contributed by atoms with Gasteiger partial charge in [0.15, 0.2) is 0 Å². The second kappa shape index (κ2) is 7.14. The van der Waals surface area contributed by atoms with E-state index in [9.17, 15) is 4.79 Å². The number of amides is 2. The number of aliphatic hydroxyl groups is 1. The Morgan fingerprint density at radius 2 is 2.06 bits per heavy atom. The number of likely N-dealkylation sites (N-methyl/N-ethyl adjacent to an activating group) is 1. The number of halogens is 1. The highest BCUT2D eigenvalue weighted by Gasteiger charge is 2.05. The largest absolute Gasteiger partial charge is 0.395 e. The summed E-state index contributed by atoms with van der Waals surface area (Å²) in [5, 5.41) is 12.2. The SMILES string of the molecule is CN(CCO)C(=O)NCCc1ccc(Cl)cc1. The standard InChI is InChI=1S/C12H17ClN2O2/c1-15(8-9-16)12(17)14-7-6-10-2-4-11(13)5-3-10/h2-5,16H,6-9H2,1H3,(H,14,17). The number of carbonyl (C=O) groups is 1. The zero-order valence-corrected chi connectivity index (χ0v) is 10.6. The monoisotopic (exact) mass is 256 g/mol. The Morgan fingerprint density at radius 1 is 1.41 bits per heavy atom. The lowest BCUT2D eigenvalue weighted by Crippen LogP contribution is -2.39. The minimum atomic E-state index is -0.173. The highest BCUT2D eigenvalue weighted by atomic mass is 35.5. The number of urea groups is 1. The molecule has 0 aliphatic rings. The third-order valence-corrected chi connectivity index (χ3v) is 2.64. The molecule has 2 N–H and O–H groups in total. The van der Waals surface area contributed by atoms with E-state index in [0.717, 1.165) is 12.0 Å². The first-order chi connectivity index (χ1) is 8.13. The molecule has 5 heteroatoms. The van der Waals surface area contributed by atoms with Crippen molar-refractivity contribution in [2.75, 3.05) is 26.7 Å². The van der Waals surface area contributed by atoms with Crippen molar-refractivity contribution >= 4 is 17.6 Å². The molecule has 0 aliphatic heterocycles. The summed E-state index contributed by atoms with van der Waals surface area (Å²) in [5.41, 5.74) is 1.12. The first-order valence-corrected chi connectivity index (χ1v) is 5.85. The third kappa shape index (κ3) is 5.06. The number of hydrogen-bond donors (Lipinski definition) is 2. The van der Waals surface area contributed by atoms with Crippen LogP contribution in [0.25, 0.3) is 0 Å². The fourth-order valence-electron chi connectivity index (χ4n) is 1.35. The van der Waals surface area contributed by atoms with Crippen LogP contribution in [-0.4, -0.2) is 42.8 Å². The van der Waals surface area contributed by atoms with Crippen molar-refractivity contribution in [3.8, 4) is 0 Å². The lowest BCUT2D eigenvalue weighted by molar-refractivity contribution is 0.190. The van der Waals surface area contributed by atoms with Crippen LogP contribution < -0.4 is 5.32 Å². The maximum Gasteiger partial charge on any atom is 0.317 e. The normalized spacial score (nSPS) is 10.1. The molecule has 1 rings (SSSR count). The highest BCUT2D eigenvalue weighted by Crippen LogP contribution is 2.09. The van der Waals surface area contributed by atoms with Gasteiger partial charge >= 0.3 is 6.03 Å². The van der Waals surface area contributed by atoms with Gasteiger partial charge in [-0.25, -0.2) is 4.79 Å². The molecular weight excluding hydrogens is 240 g/mol. The zero-order valence-electron chi connectivity index (χ0n) is 9.82. The van der Waals surface area contributed by atoms with Crippen LogP contribution in [0.15, 0.2) is 24.3 Å². The molecule has 4 nitrogen and oxygen atoms in total. The van der Waals surface area contributed by atoms with Gasteiger partial charge in [-0.05, 0) is 24.1 Å². The van der Waals surface area contributed by atoms with Gasteiger partial charge in [-0.2, -0.15) is 0 Å². The van der Waals surface area contributed by atoms with Crippen LogP contribution in [0.3, 0.4) is 0 Å². The van der Waals surface area contributed by atoms with E-state index in [1.165, 1.54) is 4.90 Å². The van der Waals surface area contributed by atoms with Gasteiger partial charge in [0.1, 0.15) is 0 Å². The van der Waals surface area contributed by atoms with E-state index in [1.54, 1.807) is 7.05 Å². The van der Waals surface area contributed by atoms with Crippen molar-refractivity contribution in [2.45, 2.75) is 6.42 Å². The summed E-state index contributed by atoms with van der Waals surface area (Å²) >= 11 is 5.77. The summed E-state index contributed by atoms with van der Waals surface area (Å²) in [4.78, 5) is 12.9. The summed E-state index contributed by atoms with van der Waals surface area (Å²) < 4.78 is 0. The van der Waals surface area contributed by atoms with Crippen LogP contribution in [0.5, 0.6) is 0 Å². The number of hydrogen-bond acceptors (Lipinski definition) is 2. The van der Waals surface area contributed by atoms with Crippen LogP contribution in [0.2, 0.25) is 5.02 Å². The van der Waals surface area contributed by atoms with E-state index in [1.807, 2.05) is 24.3 Å². The predicted octanol–water partition coefficient (Wildman–Crippen LogP) is 1.52. The van der Waals surface area contributed by atoms with E-state index in [0.29, 0.717) is 18.1 Å². The summed E-state index contributed by atoms with van der Waals surface area (Å²) in [6.07, 6.45) is 0.760. The van der Waals surface area contributed by atoms with Crippen molar-refractivity contribution in [2.24, 2.45) is 0 Å². The summed E-state index contributed by atoms with van der Waals surface area (Å²) in [7, 11) is 1.65. The molecule has 1 aromatic rings.